The van der Waals surface area contributed by atoms with Crippen LogP contribution in [0.4, 0.5) is 0 Å². The Morgan fingerprint density at radius 3 is 2.22 bits per heavy atom. The lowest BCUT2D eigenvalue weighted by Gasteiger charge is -2.25. The minimum absolute atomic E-state index is 0.0154. The van der Waals surface area contributed by atoms with E-state index in [0.29, 0.717) is 6.54 Å². The molecule has 2 aromatic carbocycles. The van der Waals surface area contributed by atoms with Crippen molar-refractivity contribution in [3.63, 3.8) is 0 Å². The van der Waals surface area contributed by atoms with Crippen LogP contribution >= 0.6 is 0 Å². The lowest BCUT2D eigenvalue weighted by molar-refractivity contribution is 0.0907. The van der Waals surface area contributed by atoms with Crippen LogP contribution < -0.4 is 10.1 Å². The molecule has 0 fully saturated rings. The van der Waals surface area contributed by atoms with E-state index in [4.69, 9.17) is 9.84 Å². The van der Waals surface area contributed by atoms with Gasteiger partial charge < -0.3 is 20.3 Å². The second-order valence-corrected chi connectivity index (χ2v) is 6.28. The van der Waals surface area contributed by atoms with Gasteiger partial charge in [-0.1, -0.05) is 42.5 Å². The Morgan fingerprint density at radius 1 is 1.00 bits per heavy atom. The first-order chi connectivity index (χ1) is 11.0. The number of nitrogens with one attached hydrogen (secondary N) is 1. The molecule has 0 heterocycles. The number of hydrogen-bond acceptors (Lipinski definition) is 4. The fourth-order valence-corrected chi connectivity index (χ4v) is 2.08. The maximum Gasteiger partial charge on any atom is 0.119 e. The van der Waals surface area contributed by atoms with E-state index in [1.807, 2.05) is 56.3 Å². The molecule has 0 aromatic heterocycles. The SMILES string of the molecule is CC(C)(CO)NC[C@@H](O)COc1ccc(-c2ccccc2)cc1. The summed E-state index contributed by atoms with van der Waals surface area (Å²) in [5.74, 6) is 0.727. The Labute approximate surface area is 137 Å². The van der Waals surface area contributed by atoms with Gasteiger partial charge in [-0.25, -0.2) is 0 Å². The van der Waals surface area contributed by atoms with Gasteiger partial charge in [0.1, 0.15) is 18.5 Å². The summed E-state index contributed by atoms with van der Waals surface area (Å²) < 4.78 is 5.61. The van der Waals surface area contributed by atoms with Crippen molar-refractivity contribution in [3.05, 3.63) is 54.6 Å². The minimum Gasteiger partial charge on any atom is -0.491 e. The predicted octanol–water partition coefficient (Wildman–Crippen LogP) is 2.45. The maximum absolute atomic E-state index is 9.93. The maximum atomic E-state index is 9.93. The van der Waals surface area contributed by atoms with E-state index in [2.05, 4.69) is 17.4 Å². The third kappa shape index (κ3) is 5.67. The van der Waals surface area contributed by atoms with Gasteiger partial charge in [0.25, 0.3) is 0 Å². The Hall–Kier alpha value is -1.88. The first-order valence-corrected chi connectivity index (χ1v) is 7.82. The number of rotatable bonds is 8. The number of benzene rings is 2. The molecule has 23 heavy (non-hydrogen) atoms. The van der Waals surface area contributed by atoms with Gasteiger partial charge in [-0.05, 0) is 37.1 Å². The van der Waals surface area contributed by atoms with Gasteiger partial charge in [0, 0.05) is 12.1 Å². The quantitative estimate of drug-likeness (QED) is 0.700. The predicted molar refractivity (Wildman–Crippen MR) is 92.5 cm³/mol. The highest BCUT2D eigenvalue weighted by atomic mass is 16.5. The summed E-state index contributed by atoms with van der Waals surface area (Å²) in [5, 5.41) is 22.2. The van der Waals surface area contributed by atoms with Crippen molar-refractivity contribution in [1.29, 1.82) is 0 Å². The fraction of sp³-hybridized carbons (Fsp3) is 0.368. The molecule has 0 aliphatic heterocycles. The highest BCUT2D eigenvalue weighted by Crippen LogP contribution is 2.22. The molecule has 0 unspecified atom stereocenters. The van der Waals surface area contributed by atoms with Gasteiger partial charge in [-0.3, -0.25) is 0 Å². The third-order valence-electron chi connectivity index (χ3n) is 3.62. The summed E-state index contributed by atoms with van der Waals surface area (Å²) >= 11 is 0. The highest BCUT2D eigenvalue weighted by Gasteiger charge is 2.17. The lowest BCUT2D eigenvalue weighted by atomic mass is 10.1. The van der Waals surface area contributed by atoms with Gasteiger partial charge in [0.05, 0.1) is 6.61 Å². The van der Waals surface area contributed by atoms with Gasteiger partial charge in [-0.15, -0.1) is 0 Å². The van der Waals surface area contributed by atoms with Crippen molar-refractivity contribution < 1.29 is 14.9 Å². The Balaban J connectivity index is 1.82. The van der Waals surface area contributed by atoms with E-state index in [9.17, 15) is 5.11 Å². The molecule has 0 saturated carbocycles. The van der Waals surface area contributed by atoms with Gasteiger partial charge >= 0.3 is 0 Å². The first-order valence-electron chi connectivity index (χ1n) is 7.82. The van der Waals surface area contributed by atoms with E-state index in [0.717, 1.165) is 16.9 Å². The first kappa shape index (κ1) is 17.5. The summed E-state index contributed by atoms with van der Waals surface area (Å²) in [6.07, 6.45) is -0.630. The van der Waals surface area contributed by atoms with E-state index in [1.54, 1.807) is 0 Å². The lowest BCUT2D eigenvalue weighted by Crippen LogP contribution is -2.47. The number of aliphatic hydroxyl groups is 2. The van der Waals surface area contributed by atoms with Crippen molar-refractivity contribution in [2.45, 2.75) is 25.5 Å². The van der Waals surface area contributed by atoms with Crippen LogP contribution in [0.2, 0.25) is 0 Å². The molecule has 124 valence electrons. The molecule has 2 aromatic rings. The second kappa shape index (κ2) is 8.11. The zero-order chi connectivity index (χ0) is 16.7. The minimum atomic E-state index is -0.630. The summed E-state index contributed by atoms with van der Waals surface area (Å²) in [4.78, 5) is 0. The largest absolute Gasteiger partial charge is 0.491 e. The molecule has 0 aliphatic rings. The van der Waals surface area contributed by atoms with E-state index in [1.165, 1.54) is 0 Å². The summed E-state index contributed by atoms with van der Waals surface area (Å²) in [6.45, 7) is 4.35. The molecular formula is C19H25NO3. The fourth-order valence-electron chi connectivity index (χ4n) is 2.08. The molecule has 4 nitrogen and oxygen atoms in total. The van der Waals surface area contributed by atoms with Crippen LogP contribution in [0.5, 0.6) is 5.75 Å². The van der Waals surface area contributed by atoms with Crippen molar-refractivity contribution in [3.8, 4) is 16.9 Å². The summed E-state index contributed by atoms with van der Waals surface area (Å²) in [7, 11) is 0. The van der Waals surface area contributed by atoms with Gasteiger partial charge in [-0.2, -0.15) is 0 Å². The number of ether oxygens (including phenoxy) is 1. The smallest absolute Gasteiger partial charge is 0.119 e. The van der Waals surface area contributed by atoms with Crippen molar-refractivity contribution in [1.82, 2.24) is 5.32 Å². The Kier molecular flexibility index (Phi) is 6.16. The van der Waals surface area contributed by atoms with Crippen LogP contribution in [0.25, 0.3) is 11.1 Å². The normalized spacial score (nSPS) is 12.9. The number of hydrogen-bond donors (Lipinski definition) is 3. The average molecular weight is 315 g/mol. The summed E-state index contributed by atoms with van der Waals surface area (Å²) in [5.41, 5.74) is 1.89. The standard InChI is InChI=1S/C19H25NO3/c1-19(2,14-21)20-12-17(22)13-23-18-10-8-16(9-11-18)15-6-4-3-5-7-15/h3-11,17,20-22H,12-14H2,1-2H3/t17-/m1/s1. The Bertz CT molecular complexity index is 581. The topological polar surface area (TPSA) is 61.7 Å². The van der Waals surface area contributed by atoms with Gasteiger partial charge in [0.15, 0.2) is 0 Å². The van der Waals surface area contributed by atoms with Crippen LogP contribution in [0.15, 0.2) is 54.6 Å². The zero-order valence-electron chi connectivity index (χ0n) is 13.7. The highest BCUT2D eigenvalue weighted by molar-refractivity contribution is 5.63. The van der Waals surface area contributed by atoms with E-state index >= 15 is 0 Å². The second-order valence-electron chi connectivity index (χ2n) is 6.28. The number of aliphatic hydroxyl groups excluding tert-OH is 2. The van der Waals surface area contributed by atoms with Crippen LogP contribution in [0.1, 0.15) is 13.8 Å². The van der Waals surface area contributed by atoms with Crippen molar-refractivity contribution >= 4 is 0 Å². The monoisotopic (exact) mass is 315 g/mol. The van der Waals surface area contributed by atoms with Crippen molar-refractivity contribution in [2.24, 2.45) is 0 Å². The molecule has 4 heteroatoms. The van der Waals surface area contributed by atoms with Crippen molar-refractivity contribution in [2.75, 3.05) is 19.8 Å². The average Bonchev–Trinajstić information content (AvgIpc) is 2.59. The zero-order valence-corrected chi connectivity index (χ0v) is 13.7. The molecule has 3 N–H and O–H groups in total. The molecule has 0 saturated heterocycles. The third-order valence-corrected chi connectivity index (χ3v) is 3.62. The Morgan fingerprint density at radius 2 is 1.61 bits per heavy atom. The van der Waals surface area contributed by atoms with Crippen LogP contribution in [0, 0.1) is 0 Å². The van der Waals surface area contributed by atoms with Gasteiger partial charge in [0.2, 0.25) is 0 Å². The molecule has 0 amide bonds. The van der Waals surface area contributed by atoms with Crippen LogP contribution in [-0.4, -0.2) is 41.6 Å². The van der Waals surface area contributed by atoms with Crippen LogP contribution in [-0.2, 0) is 0 Å². The van der Waals surface area contributed by atoms with Crippen LogP contribution in [0.3, 0.4) is 0 Å². The molecule has 0 spiro atoms. The molecule has 0 bridgehead atoms. The van der Waals surface area contributed by atoms with E-state index in [-0.39, 0.29) is 13.2 Å². The molecule has 0 aliphatic carbocycles. The molecule has 0 radical (unpaired) electrons. The molecular weight excluding hydrogens is 290 g/mol. The summed E-state index contributed by atoms with van der Waals surface area (Å²) in [6, 6.07) is 18.0. The number of β-amino-alcohol motifs (C(OH)–C–C–N with tert-alkyl or cyclic N) is 1. The molecule has 2 rings (SSSR count). The molecule has 1 atom stereocenters. The van der Waals surface area contributed by atoms with E-state index < -0.39 is 11.6 Å².